The van der Waals surface area contributed by atoms with Gasteiger partial charge in [0.05, 0.1) is 37.8 Å². The van der Waals surface area contributed by atoms with Crippen LogP contribution >= 0.6 is 0 Å². The van der Waals surface area contributed by atoms with Crippen molar-refractivity contribution in [3.8, 4) is 0 Å². The minimum absolute atomic E-state index is 0.0372. The van der Waals surface area contributed by atoms with Gasteiger partial charge in [0.25, 0.3) is 0 Å². The van der Waals surface area contributed by atoms with Gasteiger partial charge >= 0.3 is 12.1 Å². The quantitative estimate of drug-likeness (QED) is 0.313. The molecule has 3 aromatic rings. The molecule has 0 saturated carbocycles. The summed E-state index contributed by atoms with van der Waals surface area (Å²) < 4.78 is 24.1. The number of carboxylic acid groups (broad SMARTS) is 1. The molecule has 0 unspecified atom stereocenters. The highest BCUT2D eigenvalue weighted by Crippen LogP contribution is 2.43. The molecule has 2 saturated heterocycles. The summed E-state index contributed by atoms with van der Waals surface area (Å²) in [4.78, 5) is 60.2. The van der Waals surface area contributed by atoms with Crippen LogP contribution < -0.4 is 10.2 Å². The first-order chi connectivity index (χ1) is 24.9. The number of hydrogen-bond acceptors (Lipinski definition) is 8. The van der Waals surface area contributed by atoms with Gasteiger partial charge in [-0.1, -0.05) is 24.3 Å². The average Bonchev–Trinajstić information content (AvgIpc) is 3.43. The average molecular weight is 716 g/mol. The van der Waals surface area contributed by atoms with Crippen LogP contribution in [0.3, 0.4) is 0 Å². The van der Waals surface area contributed by atoms with E-state index >= 15 is 0 Å². The Morgan fingerprint density at radius 3 is 2.35 bits per heavy atom. The van der Waals surface area contributed by atoms with E-state index in [1.807, 2.05) is 32.0 Å². The van der Waals surface area contributed by atoms with Gasteiger partial charge in [-0.3, -0.25) is 19.4 Å². The van der Waals surface area contributed by atoms with Crippen molar-refractivity contribution >= 4 is 35.3 Å². The number of nitrogens with one attached hydrogen (secondary N) is 1. The fourth-order valence-electron chi connectivity index (χ4n) is 7.50. The van der Waals surface area contributed by atoms with Gasteiger partial charge < -0.3 is 29.7 Å². The summed E-state index contributed by atoms with van der Waals surface area (Å²) in [5.41, 5.74) is 2.83. The van der Waals surface area contributed by atoms with E-state index in [1.165, 1.54) is 24.1 Å². The first-order valence-electron chi connectivity index (χ1n) is 17.6. The van der Waals surface area contributed by atoms with E-state index < -0.39 is 17.5 Å². The van der Waals surface area contributed by atoms with E-state index in [0.717, 1.165) is 17.7 Å². The molecule has 3 aliphatic rings. The lowest BCUT2D eigenvalue weighted by Gasteiger charge is -2.47. The number of ether oxygens (including phenoxy) is 2. The van der Waals surface area contributed by atoms with Gasteiger partial charge in [-0.2, -0.15) is 0 Å². The lowest BCUT2D eigenvalue weighted by Crippen LogP contribution is -2.64. The fraction of sp³-hybridized carbons (Fsp3) is 0.436. The zero-order chi connectivity index (χ0) is 37.2. The van der Waals surface area contributed by atoms with E-state index in [-0.39, 0.29) is 55.4 Å². The third kappa shape index (κ3) is 7.81. The Kier molecular flexibility index (Phi) is 10.9. The van der Waals surface area contributed by atoms with E-state index in [9.17, 15) is 28.7 Å². The Hall–Kier alpha value is -4.85. The van der Waals surface area contributed by atoms with Crippen LogP contribution in [0.25, 0.3) is 0 Å². The molecular weight excluding hydrogens is 669 g/mol. The molecule has 4 atom stereocenters. The summed E-state index contributed by atoms with van der Waals surface area (Å²) in [7, 11) is 1.30. The molecule has 276 valence electrons. The maximum Gasteiger partial charge on any atom is 0.407 e. The molecule has 3 heterocycles. The van der Waals surface area contributed by atoms with Crippen LogP contribution in [0.1, 0.15) is 47.8 Å². The molecule has 0 aliphatic carbocycles. The van der Waals surface area contributed by atoms with Crippen molar-refractivity contribution in [3.63, 3.8) is 0 Å². The fourth-order valence-corrected chi connectivity index (χ4v) is 7.50. The van der Waals surface area contributed by atoms with Crippen LogP contribution in [-0.2, 0) is 30.9 Å². The molecule has 3 aliphatic heterocycles. The largest absolute Gasteiger partial charge is 0.465 e. The highest BCUT2D eigenvalue weighted by molar-refractivity contribution is 6.07. The van der Waals surface area contributed by atoms with Gasteiger partial charge in [0.15, 0.2) is 0 Å². The van der Waals surface area contributed by atoms with Gasteiger partial charge in [0.2, 0.25) is 11.8 Å². The molecule has 2 fully saturated rings. The van der Waals surface area contributed by atoms with Crippen LogP contribution in [0.2, 0.25) is 0 Å². The number of carbonyl (C=O) groups is 4. The van der Waals surface area contributed by atoms with Crippen molar-refractivity contribution in [1.29, 1.82) is 0 Å². The first kappa shape index (κ1) is 36.9. The molecule has 52 heavy (non-hydrogen) atoms. The van der Waals surface area contributed by atoms with Crippen LogP contribution in [0.5, 0.6) is 0 Å². The summed E-state index contributed by atoms with van der Waals surface area (Å²) in [6, 6.07) is 18.0. The topological polar surface area (TPSA) is 132 Å². The predicted molar refractivity (Wildman–Crippen MR) is 193 cm³/mol. The highest BCUT2D eigenvalue weighted by atomic mass is 19.1. The van der Waals surface area contributed by atoms with Crippen molar-refractivity contribution in [2.75, 3.05) is 69.8 Å². The summed E-state index contributed by atoms with van der Waals surface area (Å²) in [6.07, 6.45) is -0.484. The highest BCUT2D eigenvalue weighted by Gasteiger charge is 2.47. The smallest absolute Gasteiger partial charge is 0.407 e. The number of morpholine rings is 1. The second-order valence-corrected chi connectivity index (χ2v) is 14.3. The van der Waals surface area contributed by atoms with Gasteiger partial charge in [-0.15, -0.1) is 0 Å². The number of carbonyl (C=O) groups excluding carboxylic acids is 3. The zero-order valence-corrected chi connectivity index (χ0v) is 30.0. The minimum Gasteiger partial charge on any atom is -0.465 e. The van der Waals surface area contributed by atoms with Gasteiger partial charge in [0, 0.05) is 62.2 Å². The van der Waals surface area contributed by atoms with Crippen molar-refractivity contribution < 1.29 is 38.1 Å². The zero-order valence-electron chi connectivity index (χ0n) is 30.0. The molecule has 3 aromatic carbocycles. The maximum atomic E-state index is 14.5. The Morgan fingerprint density at radius 2 is 1.67 bits per heavy atom. The molecule has 0 spiro atoms. The predicted octanol–water partition coefficient (Wildman–Crippen LogP) is 4.22. The Balaban J connectivity index is 1.28. The van der Waals surface area contributed by atoms with Crippen LogP contribution in [0.4, 0.5) is 20.6 Å². The van der Waals surface area contributed by atoms with Crippen molar-refractivity contribution in [1.82, 2.24) is 14.7 Å². The van der Waals surface area contributed by atoms with Crippen LogP contribution in [0, 0.1) is 5.82 Å². The number of amides is 3. The lowest BCUT2D eigenvalue weighted by atomic mass is 9.83. The lowest BCUT2D eigenvalue weighted by molar-refractivity contribution is -0.122. The summed E-state index contributed by atoms with van der Waals surface area (Å²) in [5.74, 6) is -1.32. The Labute approximate surface area is 303 Å². The second kappa shape index (κ2) is 15.4. The van der Waals surface area contributed by atoms with Crippen LogP contribution in [0.15, 0.2) is 66.7 Å². The van der Waals surface area contributed by atoms with Gasteiger partial charge in [-0.25, -0.2) is 14.0 Å². The van der Waals surface area contributed by atoms with E-state index in [4.69, 9.17) is 9.47 Å². The van der Waals surface area contributed by atoms with E-state index in [0.29, 0.717) is 55.2 Å². The van der Waals surface area contributed by atoms with Gasteiger partial charge in [-0.05, 0) is 86.3 Å². The molecule has 13 heteroatoms. The number of nitrogens with zero attached hydrogens (tertiary/aromatic N) is 4. The molecule has 0 aromatic heterocycles. The summed E-state index contributed by atoms with van der Waals surface area (Å²) in [5, 5.41) is 12.9. The number of anilines is 2. The minimum atomic E-state index is -1.13. The molecule has 6 rings (SSSR count). The molecule has 0 bridgehead atoms. The molecule has 2 N–H and O–H groups in total. The van der Waals surface area contributed by atoms with Crippen LogP contribution in [-0.4, -0.2) is 121 Å². The van der Waals surface area contributed by atoms with Crippen molar-refractivity contribution in [2.24, 2.45) is 0 Å². The number of benzene rings is 3. The number of rotatable bonds is 9. The SMILES string of the molecule is COC(=O)c1ccc(NC(=O)[C@@]2(C)CN(C(=O)CN3C[C@@H](C)N(C(=O)O)C[C@@H]3CN3CCOC[C@H]3C)c3cc(Cc4ccc(F)cc4)ccc32)cc1. The Morgan fingerprint density at radius 1 is 0.962 bits per heavy atom. The molecule has 12 nitrogen and oxygen atoms in total. The third-order valence-electron chi connectivity index (χ3n) is 10.6. The number of halogens is 1. The number of piperazine rings is 1. The number of hydrogen-bond donors (Lipinski definition) is 2. The molecular formula is C39H46FN5O7. The summed E-state index contributed by atoms with van der Waals surface area (Å²) in [6.45, 7) is 9.00. The molecule has 0 radical (unpaired) electrons. The van der Waals surface area contributed by atoms with E-state index in [2.05, 4.69) is 22.0 Å². The van der Waals surface area contributed by atoms with Crippen molar-refractivity contribution in [2.45, 2.75) is 50.7 Å². The number of methoxy groups -OCH3 is 1. The Bertz CT molecular complexity index is 1810. The normalized spacial score (nSPS) is 23.6. The first-order valence-corrected chi connectivity index (χ1v) is 17.6. The van der Waals surface area contributed by atoms with Gasteiger partial charge in [0.1, 0.15) is 5.82 Å². The van der Waals surface area contributed by atoms with E-state index in [1.54, 1.807) is 41.3 Å². The standard InChI is InChI=1S/C39H46FN5O7/c1-25-19-43(32(21-44(25)38(49)50)20-42-15-16-52-23-26(42)2)22-35(46)45-24-39(3,37(48)41-31-12-8-29(9-13-31)36(47)51-4)33-14-7-28(18-34(33)45)17-27-5-10-30(40)11-6-27/h5-14,18,25-26,32H,15-17,19-24H2,1-4H3,(H,41,48)(H,49,50)/t25-,26-,32+,39+/m1/s1. The second-order valence-electron chi connectivity index (χ2n) is 14.3. The summed E-state index contributed by atoms with van der Waals surface area (Å²) >= 11 is 0. The number of fused-ring (bicyclic) bond motifs is 1. The monoisotopic (exact) mass is 715 g/mol. The third-order valence-corrected chi connectivity index (χ3v) is 10.6. The number of esters is 1. The van der Waals surface area contributed by atoms with Crippen molar-refractivity contribution in [3.05, 3.63) is 94.8 Å². The molecule has 3 amide bonds. The maximum absolute atomic E-state index is 14.5.